The lowest BCUT2D eigenvalue weighted by atomic mass is 9.90. The fourth-order valence-corrected chi connectivity index (χ4v) is 4.62. The van der Waals surface area contributed by atoms with Gasteiger partial charge in [0.15, 0.2) is 0 Å². The maximum Gasteiger partial charge on any atom is 0.326 e. The minimum atomic E-state index is -1.10. The molecule has 0 aliphatic rings. The molecule has 0 saturated carbocycles. The van der Waals surface area contributed by atoms with Crippen molar-refractivity contribution in [1.82, 2.24) is 10.6 Å². The Balaban J connectivity index is 1.80. The second-order valence-electron chi connectivity index (χ2n) is 7.95. The van der Waals surface area contributed by atoms with E-state index < -0.39 is 17.9 Å². The number of benzene rings is 2. The van der Waals surface area contributed by atoms with Crippen LogP contribution in [0.15, 0.2) is 72.9 Å². The number of carboxylic acids is 1. The SMILES string of the molecule is C=C(C)NCCCC(NC(=O)c1ccc(C(c2ccc(F)cc2)c2ccc(F)cc2)s1)C(=O)O. The average molecular weight is 485 g/mol. The minimum absolute atomic E-state index is 0.271. The van der Waals surface area contributed by atoms with Crippen molar-refractivity contribution < 1.29 is 23.5 Å². The maximum absolute atomic E-state index is 13.5. The molecule has 34 heavy (non-hydrogen) atoms. The van der Waals surface area contributed by atoms with Gasteiger partial charge in [0.1, 0.15) is 17.7 Å². The van der Waals surface area contributed by atoms with Gasteiger partial charge in [-0.05, 0) is 67.3 Å². The zero-order chi connectivity index (χ0) is 24.7. The summed E-state index contributed by atoms with van der Waals surface area (Å²) in [6.45, 7) is 6.11. The van der Waals surface area contributed by atoms with E-state index in [1.165, 1.54) is 35.6 Å². The standard InChI is InChI=1S/C26H26F2N2O3S/c1-16(2)29-15-3-4-21(26(32)33)30-25(31)23-14-13-22(34-23)24(17-5-9-19(27)10-6-17)18-7-11-20(28)12-8-18/h5-14,21,24,29H,1,3-4,15H2,2H3,(H,30,31)(H,32,33). The van der Waals surface area contributed by atoms with E-state index in [0.29, 0.717) is 17.8 Å². The Bertz CT molecular complexity index is 1100. The van der Waals surface area contributed by atoms with Crippen LogP contribution in [0.5, 0.6) is 0 Å². The number of nitrogens with one attached hydrogen (secondary N) is 2. The third-order valence-corrected chi connectivity index (χ3v) is 6.39. The van der Waals surface area contributed by atoms with E-state index in [2.05, 4.69) is 17.2 Å². The maximum atomic E-state index is 13.5. The largest absolute Gasteiger partial charge is 0.480 e. The Morgan fingerprint density at radius 1 is 0.971 bits per heavy atom. The van der Waals surface area contributed by atoms with Gasteiger partial charge in [-0.2, -0.15) is 0 Å². The molecule has 1 atom stereocenters. The second kappa shape index (κ2) is 11.6. The number of amides is 1. The molecular formula is C26H26F2N2O3S. The first kappa shape index (κ1) is 25.1. The van der Waals surface area contributed by atoms with Gasteiger partial charge >= 0.3 is 5.97 Å². The van der Waals surface area contributed by atoms with Crippen molar-refractivity contribution in [1.29, 1.82) is 0 Å². The summed E-state index contributed by atoms with van der Waals surface area (Å²) in [6.07, 6.45) is 0.824. The molecule has 0 aliphatic heterocycles. The quantitative estimate of drug-likeness (QED) is 0.323. The number of thiophene rings is 1. The Labute approximate surface area is 201 Å². The molecule has 0 spiro atoms. The summed E-state index contributed by atoms with van der Waals surface area (Å²) in [7, 11) is 0. The topological polar surface area (TPSA) is 78.4 Å². The zero-order valence-electron chi connectivity index (χ0n) is 18.7. The lowest BCUT2D eigenvalue weighted by Crippen LogP contribution is -2.40. The van der Waals surface area contributed by atoms with Crippen molar-refractivity contribution in [2.45, 2.75) is 31.7 Å². The highest BCUT2D eigenvalue weighted by Gasteiger charge is 2.24. The Kier molecular flexibility index (Phi) is 8.54. The van der Waals surface area contributed by atoms with Gasteiger partial charge in [0.25, 0.3) is 5.91 Å². The summed E-state index contributed by atoms with van der Waals surface area (Å²) in [4.78, 5) is 25.6. The predicted octanol–water partition coefficient (Wildman–Crippen LogP) is 5.29. The van der Waals surface area contributed by atoms with Crippen molar-refractivity contribution in [2.24, 2.45) is 0 Å². The molecule has 5 nitrogen and oxygen atoms in total. The fourth-order valence-electron chi connectivity index (χ4n) is 3.56. The van der Waals surface area contributed by atoms with Crippen molar-refractivity contribution in [3.63, 3.8) is 0 Å². The Morgan fingerprint density at radius 3 is 2.03 bits per heavy atom. The average Bonchev–Trinajstić information content (AvgIpc) is 3.28. The molecule has 1 unspecified atom stereocenters. The summed E-state index contributed by atoms with van der Waals surface area (Å²) >= 11 is 1.22. The van der Waals surface area contributed by atoms with Gasteiger partial charge in [0, 0.05) is 23.0 Å². The van der Waals surface area contributed by atoms with Crippen LogP contribution in [-0.4, -0.2) is 29.6 Å². The van der Waals surface area contributed by atoms with Gasteiger partial charge in [-0.15, -0.1) is 11.3 Å². The molecule has 3 aromatic rings. The summed E-state index contributed by atoms with van der Waals surface area (Å²) in [5, 5.41) is 15.1. The van der Waals surface area contributed by atoms with Gasteiger partial charge in [0.05, 0.1) is 4.88 Å². The number of halogens is 2. The van der Waals surface area contributed by atoms with Crippen LogP contribution in [0.3, 0.4) is 0 Å². The highest BCUT2D eigenvalue weighted by atomic mass is 32.1. The Morgan fingerprint density at radius 2 is 1.53 bits per heavy atom. The van der Waals surface area contributed by atoms with Gasteiger partial charge in [0.2, 0.25) is 0 Å². The number of aliphatic carboxylic acids is 1. The number of hydrogen-bond donors (Lipinski definition) is 3. The van der Waals surface area contributed by atoms with Crippen molar-refractivity contribution in [3.05, 3.63) is 105 Å². The molecule has 178 valence electrons. The summed E-state index contributed by atoms with van der Waals surface area (Å²) < 4.78 is 27.0. The monoisotopic (exact) mass is 484 g/mol. The van der Waals surface area contributed by atoms with E-state index in [0.717, 1.165) is 21.7 Å². The molecule has 0 bridgehead atoms. The number of carbonyl (C=O) groups is 2. The third kappa shape index (κ3) is 6.74. The second-order valence-corrected chi connectivity index (χ2v) is 9.07. The first-order chi connectivity index (χ1) is 16.2. The molecule has 1 aromatic heterocycles. The van der Waals surface area contributed by atoms with E-state index in [1.54, 1.807) is 36.4 Å². The van der Waals surface area contributed by atoms with Crippen LogP contribution in [0.1, 0.15) is 51.4 Å². The van der Waals surface area contributed by atoms with Gasteiger partial charge in [-0.25, -0.2) is 13.6 Å². The molecule has 0 aliphatic carbocycles. The molecule has 8 heteroatoms. The highest BCUT2D eigenvalue weighted by molar-refractivity contribution is 7.14. The van der Waals surface area contributed by atoms with Crippen LogP contribution in [0.4, 0.5) is 8.78 Å². The molecule has 3 rings (SSSR count). The Hall–Kier alpha value is -3.52. The smallest absolute Gasteiger partial charge is 0.326 e. The molecule has 0 fully saturated rings. The van der Waals surface area contributed by atoms with Crippen LogP contribution < -0.4 is 10.6 Å². The van der Waals surface area contributed by atoms with Crippen LogP contribution >= 0.6 is 11.3 Å². The lowest BCUT2D eigenvalue weighted by Gasteiger charge is -2.17. The number of allylic oxidation sites excluding steroid dienone is 1. The van der Waals surface area contributed by atoms with Crippen LogP contribution in [0.25, 0.3) is 0 Å². The molecule has 1 amide bonds. The van der Waals surface area contributed by atoms with Crippen LogP contribution in [0, 0.1) is 11.6 Å². The molecule has 1 heterocycles. The first-order valence-corrected chi connectivity index (χ1v) is 11.6. The molecule has 0 saturated heterocycles. The number of hydrogen-bond acceptors (Lipinski definition) is 4. The van der Waals surface area contributed by atoms with E-state index in [4.69, 9.17) is 0 Å². The summed E-state index contributed by atoms with van der Waals surface area (Å²) in [6, 6.07) is 14.4. The van der Waals surface area contributed by atoms with Gasteiger partial charge in [-0.3, -0.25) is 4.79 Å². The summed E-state index contributed by atoms with van der Waals surface area (Å²) in [5.74, 6) is -2.65. The number of carboxylic acid groups (broad SMARTS) is 1. The van der Waals surface area contributed by atoms with Crippen molar-refractivity contribution in [2.75, 3.05) is 6.54 Å². The predicted molar refractivity (Wildman–Crippen MR) is 129 cm³/mol. The fraction of sp³-hybridized carbons (Fsp3) is 0.231. The van der Waals surface area contributed by atoms with E-state index in [1.807, 2.05) is 6.92 Å². The normalized spacial score (nSPS) is 11.8. The first-order valence-electron chi connectivity index (χ1n) is 10.8. The highest BCUT2D eigenvalue weighted by Crippen LogP contribution is 2.36. The van der Waals surface area contributed by atoms with Gasteiger partial charge in [-0.1, -0.05) is 30.8 Å². The van der Waals surface area contributed by atoms with Gasteiger partial charge < -0.3 is 15.7 Å². The van der Waals surface area contributed by atoms with E-state index >= 15 is 0 Å². The molecule has 3 N–H and O–H groups in total. The minimum Gasteiger partial charge on any atom is -0.480 e. The number of carbonyl (C=O) groups excluding carboxylic acids is 1. The number of rotatable bonds is 11. The molecule has 0 radical (unpaired) electrons. The van der Waals surface area contributed by atoms with Crippen LogP contribution in [0.2, 0.25) is 0 Å². The van der Waals surface area contributed by atoms with Crippen LogP contribution in [-0.2, 0) is 4.79 Å². The summed E-state index contributed by atoms with van der Waals surface area (Å²) in [5.41, 5.74) is 2.37. The third-order valence-electron chi connectivity index (χ3n) is 5.24. The van der Waals surface area contributed by atoms with Crippen molar-refractivity contribution >= 4 is 23.2 Å². The van der Waals surface area contributed by atoms with E-state index in [9.17, 15) is 23.5 Å². The molecule has 2 aromatic carbocycles. The lowest BCUT2D eigenvalue weighted by molar-refractivity contribution is -0.139. The van der Waals surface area contributed by atoms with Crippen molar-refractivity contribution in [3.8, 4) is 0 Å². The zero-order valence-corrected chi connectivity index (χ0v) is 19.5. The molecular weight excluding hydrogens is 458 g/mol. The van der Waals surface area contributed by atoms with E-state index in [-0.39, 0.29) is 24.0 Å².